The minimum atomic E-state index is -0.159. The van der Waals surface area contributed by atoms with Crippen molar-refractivity contribution in [1.82, 2.24) is 9.88 Å². The van der Waals surface area contributed by atoms with E-state index in [0.717, 1.165) is 28.8 Å². The number of likely N-dealkylation sites (N-methyl/N-ethyl adjacent to an activating group) is 1. The number of aromatic nitrogens is 1. The summed E-state index contributed by atoms with van der Waals surface area (Å²) in [7, 11) is 4.01. The molecule has 7 heteroatoms. The summed E-state index contributed by atoms with van der Waals surface area (Å²) in [6, 6.07) is 13.0. The molecule has 1 unspecified atom stereocenters. The predicted octanol–water partition coefficient (Wildman–Crippen LogP) is 4.26. The van der Waals surface area contributed by atoms with E-state index in [4.69, 9.17) is 16.3 Å². The first-order chi connectivity index (χ1) is 15.5. The smallest absolute Gasteiger partial charge is 0.251 e. The van der Waals surface area contributed by atoms with Gasteiger partial charge in [-0.3, -0.25) is 9.78 Å². The standard InChI is InChI=1S/C25H26ClN3O3/c1-28(2)12-13-32-19-8-5-17(6-9-19)7-10-23(31)29-16-18(15-26)24-20-4-3-11-27-25(20)22(30)14-21(24)29/h3-11,14,18,30H,12-13,15-16H2,1-2H3/b10-7+. The van der Waals surface area contributed by atoms with Crippen LogP contribution in [0.4, 0.5) is 5.69 Å². The number of ether oxygens (including phenoxy) is 1. The number of alkyl halides is 1. The van der Waals surface area contributed by atoms with Crippen molar-refractivity contribution in [3.05, 3.63) is 65.9 Å². The molecule has 0 bridgehead atoms. The number of amides is 1. The highest BCUT2D eigenvalue weighted by Crippen LogP contribution is 2.44. The molecule has 6 nitrogen and oxygen atoms in total. The van der Waals surface area contributed by atoms with Crippen molar-refractivity contribution in [2.75, 3.05) is 44.6 Å². The van der Waals surface area contributed by atoms with Crippen LogP contribution in [0.3, 0.4) is 0 Å². The minimum Gasteiger partial charge on any atom is -0.506 e. The van der Waals surface area contributed by atoms with Crippen LogP contribution in [0.25, 0.3) is 17.0 Å². The highest BCUT2D eigenvalue weighted by Gasteiger charge is 2.33. The number of nitrogens with zero attached hydrogens (tertiary/aromatic N) is 3. The van der Waals surface area contributed by atoms with Gasteiger partial charge in [-0.25, -0.2) is 0 Å². The normalized spacial score (nSPS) is 15.6. The third kappa shape index (κ3) is 4.56. The number of pyridine rings is 1. The maximum atomic E-state index is 13.0. The van der Waals surface area contributed by atoms with Crippen LogP contribution in [0.15, 0.2) is 54.7 Å². The lowest BCUT2D eigenvalue weighted by Gasteiger charge is -2.16. The van der Waals surface area contributed by atoms with E-state index in [2.05, 4.69) is 9.88 Å². The molecule has 0 fully saturated rings. The first-order valence-corrected chi connectivity index (χ1v) is 11.0. The third-order valence-electron chi connectivity index (χ3n) is 5.55. The molecule has 4 rings (SSSR count). The molecule has 166 valence electrons. The number of halogens is 1. The van der Waals surface area contributed by atoms with Crippen molar-refractivity contribution >= 4 is 40.2 Å². The fraction of sp³-hybridized carbons (Fsp3) is 0.280. The van der Waals surface area contributed by atoms with Crippen LogP contribution in [0.2, 0.25) is 0 Å². The number of phenolic OH excluding ortho intramolecular Hbond substituents is 1. The van der Waals surface area contributed by atoms with Gasteiger partial charge >= 0.3 is 0 Å². The molecule has 0 spiro atoms. The molecule has 3 aromatic rings. The molecule has 1 atom stereocenters. The number of anilines is 1. The van der Waals surface area contributed by atoms with Crippen LogP contribution in [-0.4, -0.2) is 60.6 Å². The zero-order valence-corrected chi connectivity index (χ0v) is 18.9. The highest BCUT2D eigenvalue weighted by atomic mass is 35.5. The molecule has 2 aromatic carbocycles. The predicted molar refractivity (Wildman–Crippen MR) is 129 cm³/mol. The zero-order chi connectivity index (χ0) is 22.7. The summed E-state index contributed by atoms with van der Waals surface area (Å²) in [5.74, 6) is 1.05. The summed E-state index contributed by atoms with van der Waals surface area (Å²) in [6.45, 7) is 1.93. The van der Waals surface area contributed by atoms with Crippen molar-refractivity contribution in [3.8, 4) is 11.5 Å². The van der Waals surface area contributed by atoms with Gasteiger partial charge in [-0.1, -0.05) is 18.2 Å². The van der Waals surface area contributed by atoms with Crippen LogP contribution < -0.4 is 9.64 Å². The van der Waals surface area contributed by atoms with Crippen LogP contribution in [0, 0.1) is 0 Å². The molecule has 1 aromatic heterocycles. The van der Waals surface area contributed by atoms with Gasteiger partial charge in [0.2, 0.25) is 0 Å². The molecule has 0 saturated heterocycles. The van der Waals surface area contributed by atoms with Crippen molar-refractivity contribution < 1.29 is 14.6 Å². The van der Waals surface area contributed by atoms with E-state index in [1.54, 1.807) is 29.3 Å². The topological polar surface area (TPSA) is 65.9 Å². The Morgan fingerprint density at radius 1 is 1.31 bits per heavy atom. The number of rotatable bonds is 7. The molecule has 1 aliphatic rings. The molecular weight excluding hydrogens is 426 g/mol. The molecule has 0 radical (unpaired) electrons. The second kappa shape index (κ2) is 9.59. The summed E-state index contributed by atoms with van der Waals surface area (Å²) < 4.78 is 5.71. The Morgan fingerprint density at radius 3 is 2.81 bits per heavy atom. The van der Waals surface area contributed by atoms with E-state index in [1.165, 1.54) is 0 Å². The van der Waals surface area contributed by atoms with Gasteiger partial charge in [0, 0.05) is 48.6 Å². The Morgan fingerprint density at radius 2 is 2.09 bits per heavy atom. The average molecular weight is 452 g/mol. The van der Waals surface area contributed by atoms with Gasteiger partial charge in [-0.2, -0.15) is 0 Å². The van der Waals surface area contributed by atoms with E-state index in [1.807, 2.05) is 50.5 Å². The van der Waals surface area contributed by atoms with Gasteiger partial charge in [0.05, 0.1) is 5.69 Å². The average Bonchev–Trinajstić information content (AvgIpc) is 3.17. The van der Waals surface area contributed by atoms with E-state index in [9.17, 15) is 9.90 Å². The zero-order valence-electron chi connectivity index (χ0n) is 18.2. The van der Waals surface area contributed by atoms with E-state index < -0.39 is 0 Å². The molecule has 2 heterocycles. The van der Waals surface area contributed by atoms with Crippen LogP contribution in [0.5, 0.6) is 11.5 Å². The number of carbonyl (C=O) groups excluding carboxylic acids is 1. The van der Waals surface area contributed by atoms with Gasteiger partial charge in [0.1, 0.15) is 23.6 Å². The van der Waals surface area contributed by atoms with Crippen molar-refractivity contribution in [2.24, 2.45) is 0 Å². The molecule has 0 aliphatic carbocycles. The minimum absolute atomic E-state index is 0.0186. The Hall–Kier alpha value is -3.09. The van der Waals surface area contributed by atoms with Gasteiger partial charge in [-0.05, 0) is 49.5 Å². The Balaban J connectivity index is 1.52. The number of aromatic hydroxyl groups is 1. The van der Waals surface area contributed by atoms with E-state index >= 15 is 0 Å². The highest BCUT2D eigenvalue weighted by molar-refractivity contribution is 6.19. The third-order valence-corrected chi connectivity index (χ3v) is 5.92. The number of benzene rings is 2. The Bertz CT molecular complexity index is 1150. The van der Waals surface area contributed by atoms with Crippen molar-refractivity contribution in [2.45, 2.75) is 5.92 Å². The fourth-order valence-electron chi connectivity index (χ4n) is 3.92. The maximum absolute atomic E-state index is 13.0. The fourth-order valence-corrected chi connectivity index (χ4v) is 4.17. The van der Waals surface area contributed by atoms with Crippen molar-refractivity contribution in [3.63, 3.8) is 0 Å². The number of carbonyl (C=O) groups is 1. The number of fused-ring (bicyclic) bond motifs is 3. The van der Waals surface area contributed by atoms with E-state index in [-0.39, 0.29) is 17.6 Å². The van der Waals surface area contributed by atoms with Crippen LogP contribution in [-0.2, 0) is 4.79 Å². The molecule has 32 heavy (non-hydrogen) atoms. The van der Waals surface area contributed by atoms with Gasteiger partial charge in [0.15, 0.2) is 0 Å². The maximum Gasteiger partial charge on any atom is 0.251 e. The monoisotopic (exact) mass is 451 g/mol. The molecular formula is C25H26ClN3O3. The molecule has 1 aliphatic heterocycles. The number of hydrogen-bond donors (Lipinski definition) is 1. The first kappa shape index (κ1) is 22.1. The van der Waals surface area contributed by atoms with Crippen LogP contribution >= 0.6 is 11.6 Å². The number of hydrogen-bond acceptors (Lipinski definition) is 5. The largest absolute Gasteiger partial charge is 0.506 e. The summed E-state index contributed by atoms with van der Waals surface area (Å²) in [5.41, 5.74) is 3.08. The Labute approximate surface area is 192 Å². The van der Waals surface area contributed by atoms with E-state index in [0.29, 0.717) is 30.2 Å². The second-order valence-electron chi connectivity index (χ2n) is 8.08. The summed E-state index contributed by atoms with van der Waals surface area (Å²) in [6.07, 6.45) is 4.97. The molecule has 1 N–H and O–H groups in total. The molecule has 0 saturated carbocycles. The summed E-state index contributed by atoms with van der Waals surface area (Å²) in [4.78, 5) is 21.0. The lowest BCUT2D eigenvalue weighted by molar-refractivity contribution is -0.114. The van der Waals surface area contributed by atoms with Gasteiger partial charge < -0.3 is 19.6 Å². The molecule has 1 amide bonds. The van der Waals surface area contributed by atoms with Gasteiger partial charge in [-0.15, -0.1) is 11.6 Å². The van der Waals surface area contributed by atoms with Crippen molar-refractivity contribution in [1.29, 1.82) is 0 Å². The number of phenols is 1. The first-order valence-electron chi connectivity index (χ1n) is 10.5. The lowest BCUT2D eigenvalue weighted by Crippen LogP contribution is -2.28. The second-order valence-corrected chi connectivity index (χ2v) is 8.39. The Kier molecular flexibility index (Phi) is 6.63. The van der Waals surface area contributed by atoms with Gasteiger partial charge in [0.25, 0.3) is 5.91 Å². The summed E-state index contributed by atoms with van der Waals surface area (Å²) >= 11 is 6.23. The quantitative estimate of drug-likeness (QED) is 0.429. The SMILES string of the molecule is CN(C)CCOc1ccc(/C=C/C(=O)N2CC(CCl)c3c2cc(O)c2ncccc32)cc1. The lowest BCUT2D eigenvalue weighted by atomic mass is 9.98. The summed E-state index contributed by atoms with van der Waals surface area (Å²) in [5, 5.41) is 11.3. The van der Waals surface area contributed by atoms with Crippen LogP contribution in [0.1, 0.15) is 17.0 Å².